The third-order valence-corrected chi connectivity index (χ3v) is 1.87. The predicted molar refractivity (Wildman–Crippen MR) is 32.7 cm³/mol. The van der Waals surface area contributed by atoms with E-state index in [4.69, 9.17) is 0 Å². The molecule has 9 heavy (non-hydrogen) atoms. The van der Waals surface area contributed by atoms with Gasteiger partial charge in [-0.2, -0.15) is 0 Å². The van der Waals surface area contributed by atoms with Crippen molar-refractivity contribution in [3.8, 4) is 0 Å². The smallest absolute Gasteiger partial charge is 0.237 e. The number of carbonyl (C=O) groups is 1. The Balaban J connectivity index is 2.01. The van der Waals surface area contributed by atoms with Crippen molar-refractivity contribution in [2.75, 3.05) is 13.2 Å². The van der Waals surface area contributed by atoms with Gasteiger partial charge in [-0.3, -0.25) is 10.1 Å². The monoisotopic (exact) mass is 126 g/mol. The minimum absolute atomic E-state index is 0.275. The molecular weight excluding hydrogens is 116 g/mol. The third kappa shape index (κ3) is 0.812. The zero-order valence-electron chi connectivity index (χ0n) is 5.26. The molecule has 1 aliphatic carbocycles. The molecule has 50 valence electrons. The van der Waals surface area contributed by atoms with Gasteiger partial charge < -0.3 is 4.90 Å². The van der Waals surface area contributed by atoms with Crippen LogP contribution in [0.4, 0.5) is 0 Å². The molecule has 1 saturated heterocycles. The Bertz CT molecular complexity index is 142. The summed E-state index contributed by atoms with van der Waals surface area (Å²) < 4.78 is 0. The first-order chi connectivity index (χ1) is 4.38. The zero-order chi connectivity index (χ0) is 6.27. The van der Waals surface area contributed by atoms with Gasteiger partial charge in [-0.05, 0) is 12.8 Å². The lowest BCUT2D eigenvalue weighted by Gasteiger charge is -2.11. The first-order valence-electron chi connectivity index (χ1n) is 3.38. The second-order valence-electron chi connectivity index (χ2n) is 2.68. The number of carbonyl (C=O) groups excluding carboxylic acids is 1. The molecule has 1 aliphatic heterocycles. The van der Waals surface area contributed by atoms with Crippen LogP contribution in [-0.2, 0) is 4.79 Å². The first kappa shape index (κ1) is 5.23. The molecule has 0 spiro atoms. The maximum atomic E-state index is 10.9. The van der Waals surface area contributed by atoms with Crippen molar-refractivity contribution in [2.24, 2.45) is 0 Å². The Hall–Kier alpha value is -0.570. The Labute approximate surface area is 54.0 Å². The molecule has 0 radical (unpaired) electrons. The second kappa shape index (κ2) is 1.70. The Morgan fingerprint density at radius 1 is 1.56 bits per heavy atom. The highest BCUT2D eigenvalue weighted by Crippen LogP contribution is 2.27. The minimum atomic E-state index is 0.275. The summed E-state index contributed by atoms with van der Waals surface area (Å²) in [4.78, 5) is 12.8. The van der Waals surface area contributed by atoms with Crippen LogP contribution in [0.15, 0.2) is 0 Å². The van der Waals surface area contributed by atoms with Crippen LogP contribution in [0.2, 0.25) is 0 Å². The van der Waals surface area contributed by atoms with E-state index < -0.39 is 0 Å². The van der Waals surface area contributed by atoms with Gasteiger partial charge in [-0.1, -0.05) is 0 Å². The molecule has 2 fully saturated rings. The van der Waals surface area contributed by atoms with Crippen molar-refractivity contribution < 1.29 is 4.79 Å². The fourth-order valence-corrected chi connectivity index (χ4v) is 1.19. The largest absolute Gasteiger partial charge is 0.326 e. The lowest BCUT2D eigenvalue weighted by Crippen LogP contribution is -2.28. The van der Waals surface area contributed by atoms with E-state index in [1.807, 2.05) is 4.90 Å². The third-order valence-electron chi connectivity index (χ3n) is 1.87. The molecule has 3 nitrogen and oxygen atoms in total. The van der Waals surface area contributed by atoms with E-state index in [9.17, 15) is 4.79 Å². The average Bonchev–Trinajstić information content (AvgIpc) is 2.58. The number of rotatable bonds is 1. The van der Waals surface area contributed by atoms with Crippen LogP contribution >= 0.6 is 0 Å². The number of hydrogen-bond acceptors (Lipinski definition) is 2. The summed E-state index contributed by atoms with van der Waals surface area (Å²) in [5, 5.41) is 3.02. The van der Waals surface area contributed by atoms with Crippen molar-refractivity contribution in [3.05, 3.63) is 0 Å². The molecule has 1 N–H and O–H groups in total. The average molecular weight is 126 g/mol. The van der Waals surface area contributed by atoms with Crippen molar-refractivity contribution >= 4 is 5.91 Å². The molecule has 2 aliphatic rings. The van der Waals surface area contributed by atoms with Crippen molar-refractivity contribution in [3.63, 3.8) is 0 Å². The zero-order valence-corrected chi connectivity index (χ0v) is 5.26. The van der Waals surface area contributed by atoms with Crippen molar-refractivity contribution in [2.45, 2.75) is 18.9 Å². The summed E-state index contributed by atoms with van der Waals surface area (Å²) in [7, 11) is 0. The molecular formula is C6H10N2O. The highest BCUT2D eigenvalue weighted by Gasteiger charge is 2.34. The van der Waals surface area contributed by atoms with E-state index >= 15 is 0 Å². The number of amides is 1. The Morgan fingerprint density at radius 3 is 2.78 bits per heavy atom. The van der Waals surface area contributed by atoms with E-state index in [1.165, 1.54) is 12.8 Å². The molecule has 2 rings (SSSR count). The molecule has 0 aromatic rings. The van der Waals surface area contributed by atoms with Crippen LogP contribution < -0.4 is 5.32 Å². The van der Waals surface area contributed by atoms with Crippen LogP contribution in [0.25, 0.3) is 0 Å². The van der Waals surface area contributed by atoms with Crippen molar-refractivity contribution in [1.82, 2.24) is 10.2 Å². The van der Waals surface area contributed by atoms with Gasteiger partial charge in [0.1, 0.15) is 0 Å². The van der Waals surface area contributed by atoms with Gasteiger partial charge in [0.05, 0.1) is 13.2 Å². The molecule has 1 heterocycles. The summed E-state index contributed by atoms with van der Waals surface area (Å²) in [5.41, 5.74) is 0. The maximum Gasteiger partial charge on any atom is 0.237 e. The summed E-state index contributed by atoms with van der Waals surface area (Å²) in [6.45, 7) is 1.33. The lowest BCUT2D eigenvalue weighted by molar-refractivity contribution is -0.127. The number of nitrogens with zero attached hydrogens (tertiary/aromatic N) is 1. The molecule has 3 heteroatoms. The van der Waals surface area contributed by atoms with Gasteiger partial charge in [0, 0.05) is 6.04 Å². The van der Waals surface area contributed by atoms with Crippen LogP contribution in [0.5, 0.6) is 0 Å². The SMILES string of the molecule is O=C1CNCN1C1CC1. The Kier molecular flexibility index (Phi) is 0.990. The van der Waals surface area contributed by atoms with E-state index in [0.29, 0.717) is 12.6 Å². The van der Waals surface area contributed by atoms with Gasteiger partial charge in [0.25, 0.3) is 0 Å². The van der Waals surface area contributed by atoms with Gasteiger partial charge in [-0.25, -0.2) is 0 Å². The fraction of sp³-hybridized carbons (Fsp3) is 0.833. The topological polar surface area (TPSA) is 32.3 Å². The van der Waals surface area contributed by atoms with Crippen molar-refractivity contribution in [1.29, 1.82) is 0 Å². The molecule has 1 saturated carbocycles. The highest BCUT2D eigenvalue weighted by atomic mass is 16.2. The van der Waals surface area contributed by atoms with Crippen LogP contribution in [0.3, 0.4) is 0 Å². The highest BCUT2D eigenvalue weighted by molar-refractivity contribution is 5.80. The second-order valence-corrected chi connectivity index (χ2v) is 2.68. The molecule has 0 atom stereocenters. The molecule has 0 bridgehead atoms. The number of nitrogens with one attached hydrogen (secondary N) is 1. The summed E-state index contributed by atoms with van der Waals surface area (Å²) in [6.07, 6.45) is 2.43. The molecule has 1 amide bonds. The van der Waals surface area contributed by atoms with Crippen LogP contribution in [-0.4, -0.2) is 30.1 Å². The van der Waals surface area contributed by atoms with Gasteiger partial charge >= 0.3 is 0 Å². The first-order valence-corrected chi connectivity index (χ1v) is 3.38. The summed E-state index contributed by atoms with van der Waals surface area (Å²) >= 11 is 0. The maximum absolute atomic E-state index is 10.9. The normalized spacial score (nSPS) is 27.6. The molecule has 0 aromatic carbocycles. The minimum Gasteiger partial charge on any atom is -0.326 e. The van der Waals surface area contributed by atoms with E-state index in [-0.39, 0.29) is 5.91 Å². The van der Waals surface area contributed by atoms with Gasteiger partial charge in [0.15, 0.2) is 0 Å². The van der Waals surface area contributed by atoms with Crippen LogP contribution in [0.1, 0.15) is 12.8 Å². The fourth-order valence-electron chi connectivity index (χ4n) is 1.19. The summed E-state index contributed by atoms with van der Waals surface area (Å²) in [5.74, 6) is 0.275. The van der Waals surface area contributed by atoms with E-state index in [0.717, 1.165) is 6.67 Å². The van der Waals surface area contributed by atoms with Gasteiger partial charge in [0.2, 0.25) is 5.91 Å². The van der Waals surface area contributed by atoms with Gasteiger partial charge in [-0.15, -0.1) is 0 Å². The Morgan fingerprint density at radius 2 is 2.33 bits per heavy atom. The summed E-state index contributed by atoms with van der Waals surface area (Å²) in [6, 6.07) is 0.590. The quantitative estimate of drug-likeness (QED) is 0.515. The predicted octanol–water partition coefficient (Wildman–Crippen LogP) is -0.462. The standard InChI is InChI=1S/C6H10N2O/c9-6-3-7-4-8(6)5-1-2-5/h5,7H,1-4H2. The van der Waals surface area contributed by atoms with E-state index in [1.54, 1.807) is 0 Å². The molecule has 0 aromatic heterocycles. The lowest BCUT2D eigenvalue weighted by atomic mass is 10.5. The van der Waals surface area contributed by atoms with E-state index in [2.05, 4.69) is 5.32 Å². The van der Waals surface area contributed by atoms with Crippen LogP contribution in [0, 0.1) is 0 Å². The number of hydrogen-bond donors (Lipinski definition) is 1. The molecule has 0 unspecified atom stereocenters.